The molecule has 1 aliphatic rings. The second-order valence-corrected chi connectivity index (χ2v) is 5.86. The monoisotopic (exact) mass is 226 g/mol. The van der Waals surface area contributed by atoms with E-state index < -0.39 is 0 Å². The van der Waals surface area contributed by atoms with Gasteiger partial charge in [0.2, 0.25) is 0 Å². The van der Waals surface area contributed by atoms with Crippen molar-refractivity contribution in [1.82, 2.24) is 10.2 Å². The highest BCUT2D eigenvalue weighted by Gasteiger charge is 2.29. The van der Waals surface area contributed by atoms with Crippen LogP contribution in [0.25, 0.3) is 0 Å². The first-order chi connectivity index (χ1) is 7.61. The van der Waals surface area contributed by atoms with E-state index in [1.54, 1.807) is 0 Å². The van der Waals surface area contributed by atoms with Gasteiger partial charge in [0.15, 0.2) is 0 Å². The van der Waals surface area contributed by atoms with Crippen LogP contribution < -0.4 is 5.32 Å². The third kappa shape index (κ3) is 5.86. The smallest absolute Gasteiger partial charge is 0.00921 e. The largest absolute Gasteiger partial charge is 0.316 e. The van der Waals surface area contributed by atoms with Crippen LogP contribution in [0.15, 0.2) is 0 Å². The van der Waals surface area contributed by atoms with Crippen LogP contribution in [-0.2, 0) is 0 Å². The van der Waals surface area contributed by atoms with Crippen LogP contribution >= 0.6 is 0 Å². The molecule has 0 heterocycles. The Balaban J connectivity index is 1.90. The van der Waals surface area contributed by atoms with E-state index in [4.69, 9.17) is 0 Å². The summed E-state index contributed by atoms with van der Waals surface area (Å²) < 4.78 is 0. The Hall–Kier alpha value is -0.0800. The number of unbranched alkanes of at least 4 members (excludes halogenated alkanes) is 1. The Labute approximate surface area is 102 Å². The second-order valence-electron chi connectivity index (χ2n) is 5.86. The Kier molecular flexibility index (Phi) is 6.37. The lowest BCUT2D eigenvalue weighted by atomic mass is 10.1. The second kappa shape index (κ2) is 7.29. The zero-order chi connectivity index (χ0) is 12.0. The van der Waals surface area contributed by atoms with Crippen LogP contribution in [0.1, 0.15) is 46.5 Å². The molecule has 0 aromatic carbocycles. The molecule has 0 aromatic heterocycles. The van der Waals surface area contributed by atoms with Crippen molar-refractivity contribution in [2.45, 2.75) is 52.5 Å². The maximum Gasteiger partial charge on any atom is 0.00921 e. The molecule has 16 heavy (non-hydrogen) atoms. The number of hydrogen-bond donors (Lipinski definition) is 1. The summed E-state index contributed by atoms with van der Waals surface area (Å²) in [5, 5.41) is 3.50. The normalized spacial score (nSPS) is 18.4. The Bertz CT molecular complexity index is 176. The van der Waals surface area contributed by atoms with Gasteiger partial charge in [-0.25, -0.2) is 0 Å². The van der Waals surface area contributed by atoms with Gasteiger partial charge in [0, 0.05) is 6.04 Å². The average Bonchev–Trinajstić information content (AvgIpc) is 3.05. The Morgan fingerprint density at radius 2 is 1.88 bits per heavy atom. The van der Waals surface area contributed by atoms with E-state index in [9.17, 15) is 0 Å². The number of nitrogens with one attached hydrogen (secondary N) is 1. The minimum absolute atomic E-state index is 0.776. The lowest BCUT2D eigenvalue weighted by Crippen LogP contribution is -2.32. The van der Waals surface area contributed by atoms with Crippen LogP contribution in [0.5, 0.6) is 0 Å². The fourth-order valence-electron chi connectivity index (χ4n) is 2.14. The van der Waals surface area contributed by atoms with Crippen LogP contribution in [0.3, 0.4) is 0 Å². The number of nitrogens with zero attached hydrogens (tertiary/aromatic N) is 1. The SMILES string of the molecule is CC(C)CNCCCCN(C)C(C)C1CC1. The average molecular weight is 226 g/mol. The van der Waals surface area contributed by atoms with Crippen molar-refractivity contribution in [1.29, 1.82) is 0 Å². The summed E-state index contributed by atoms with van der Waals surface area (Å²) in [6.07, 6.45) is 5.57. The fourth-order valence-corrected chi connectivity index (χ4v) is 2.14. The van der Waals surface area contributed by atoms with Crippen LogP contribution in [-0.4, -0.2) is 37.6 Å². The van der Waals surface area contributed by atoms with Crippen molar-refractivity contribution in [3.63, 3.8) is 0 Å². The fraction of sp³-hybridized carbons (Fsp3) is 1.00. The maximum absolute atomic E-state index is 3.50. The minimum Gasteiger partial charge on any atom is -0.316 e. The molecular formula is C14H30N2. The van der Waals surface area contributed by atoms with E-state index in [1.165, 1.54) is 38.8 Å². The topological polar surface area (TPSA) is 15.3 Å². The van der Waals surface area contributed by atoms with E-state index in [2.05, 4.69) is 38.0 Å². The summed E-state index contributed by atoms with van der Waals surface area (Å²) in [6.45, 7) is 10.5. The van der Waals surface area contributed by atoms with E-state index in [0.717, 1.165) is 24.4 Å². The molecule has 2 nitrogen and oxygen atoms in total. The van der Waals surface area contributed by atoms with Crippen molar-refractivity contribution in [3.8, 4) is 0 Å². The first kappa shape index (κ1) is 14.0. The first-order valence-corrected chi connectivity index (χ1v) is 7.02. The molecule has 0 spiro atoms. The van der Waals surface area contributed by atoms with Gasteiger partial charge in [0.1, 0.15) is 0 Å². The lowest BCUT2D eigenvalue weighted by molar-refractivity contribution is 0.230. The first-order valence-electron chi connectivity index (χ1n) is 7.02. The summed E-state index contributed by atoms with van der Waals surface area (Å²) in [7, 11) is 2.28. The summed E-state index contributed by atoms with van der Waals surface area (Å²) in [5.41, 5.74) is 0. The van der Waals surface area contributed by atoms with Crippen molar-refractivity contribution >= 4 is 0 Å². The van der Waals surface area contributed by atoms with Crippen molar-refractivity contribution in [3.05, 3.63) is 0 Å². The third-order valence-electron chi connectivity index (χ3n) is 3.67. The lowest BCUT2D eigenvalue weighted by Gasteiger charge is -2.24. The molecule has 1 N–H and O–H groups in total. The molecule has 1 aliphatic carbocycles. The molecule has 96 valence electrons. The van der Waals surface area contributed by atoms with Gasteiger partial charge >= 0.3 is 0 Å². The van der Waals surface area contributed by atoms with Gasteiger partial charge < -0.3 is 10.2 Å². The maximum atomic E-state index is 3.50. The molecule has 2 heteroatoms. The molecule has 0 radical (unpaired) electrons. The van der Waals surface area contributed by atoms with Gasteiger partial charge in [-0.15, -0.1) is 0 Å². The van der Waals surface area contributed by atoms with Gasteiger partial charge in [-0.3, -0.25) is 0 Å². The Morgan fingerprint density at radius 3 is 2.44 bits per heavy atom. The van der Waals surface area contributed by atoms with Gasteiger partial charge in [-0.05, 0) is 71.1 Å². The van der Waals surface area contributed by atoms with E-state index in [0.29, 0.717) is 0 Å². The number of rotatable bonds is 9. The molecule has 0 saturated heterocycles. The molecule has 1 unspecified atom stereocenters. The van der Waals surface area contributed by atoms with Crippen molar-refractivity contribution in [2.24, 2.45) is 11.8 Å². The van der Waals surface area contributed by atoms with Crippen LogP contribution in [0.4, 0.5) is 0 Å². The van der Waals surface area contributed by atoms with Gasteiger partial charge in [0.25, 0.3) is 0 Å². The third-order valence-corrected chi connectivity index (χ3v) is 3.67. The quantitative estimate of drug-likeness (QED) is 0.608. The van der Waals surface area contributed by atoms with Crippen molar-refractivity contribution < 1.29 is 0 Å². The zero-order valence-corrected chi connectivity index (χ0v) is 11.6. The van der Waals surface area contributed by atoms with Gasteiger partial charge in [0.05, 0.1) is 0 Å². The predicted octanol–water partition coefficient (Wildman–Crippen LogP) is 2.74. The van der Waals surface area contributed by atoms with Crippen LogP contribution in [0.2, 0.25) is 0 Å². The summed E-state index contributed by atoms with van der Waals surface area (Å²) >= 11 is 0. The van der Waals surface area contributed by atoms with Gasteiger partial charge in [-0.2, -0.15) is 0 Å². The Morgan fingerprint density at radius 1 is 1.19 bits per heavy atom. The highest BCUT2D eigenvalue weighted by Crippen LogP contribution is 2.34. The molecule has 1 fully saturated rings. The molecule has 0 aliphatic heterocycles. The van der Waals surface area contributed by atoms with Crippen LogP contribution in [0, 0.1) is 11.8 Å². The molecular weight excluding hydrogens is 196 g/mol. The van der Waals surface area contributed by atoms with Gasteiger partial charge in [-0.1, -0.05) is 13.8 Å². The summed E-state index contributed by atoms with van der Waals surface area (Å²) in [6, 6.07) is 0.809. The summed E-state index contributed by atoms with van der Waals surface area (Å²) in [4.78, 5) is 2.54. The number of hydrogen-bond acceptors (Lipinski definition) is 2. The molecule has 1 atom stereocenters. The summed E-state index contributed by atoms with van der Waals surface area (Å²) in [5.74, 6) is 1.78. The van der Waals surface area contributed by atoms with Crippen molar-refractivity contribution in [2.75, 3.05) is 26.7 Å². The van der Waals surface area contributed by atoms with E-state index >= 15 is 0 Å². The highest BCUT2D eigenvalue weighted by atomic mass is 15.1. The van der Waals surface area contributed by atoms with E-state index in [1.807, 2.05) is 0 Å². The molecule has 0 bridgehead atoms. The molecule has 0 amide bonds. The minimum atomic E-state index is 0.776. The van der Waals surface area contributed by atoms with E-state index in [-0.39, 0.29) is 0 Å². The standard InChI is InChI=1S/C14H30N2/c1-12(2)11-15-9-5-6-10-16(4)13(3)14-7-8-14/h12-15H,5-11H2,1-4H3. The molecule has 0 aromatic rings. The molecule has 1 rings (SSSR count). The zero-order valence-electron chi connectivity index (χ0n) is 11.6. The highest BCUT2D eigenvalue weighted by molar-refractivity contribution is 4.83. The molecule has 1 saturated carbocycles. The predicted molar refractivity (Wildman–Crippen MR) is 71.8 cm³/mol.